The van der Waals surface area contributed by atoms with Gasteiger partial charge in [-0.15, -0.1) is 17.9 Å². The smallest absolute Gasteiger partial charge is 0.206 e. The fourth-order valence-electron chi connectivity index (χ4n) is 2.28. The van der Waals surface area contributed by atoms with E-state index < -0.39 is 0 Å². The van der Waals surface area contributed by atoms with Gasteiger partial charge in [-0.1, -0.05) is 29.8 Å². The van der Waals surface area contributed by atoms with Crippen LogP contribution in [0.1, 0.15) is 16.7 Å². The SMILES string of the molecule is C=CCN=c1scc(-c2ccco2)n1N=Cc1cc(C)ccc1C. The van der Waals surface area contributed by atoms with Gasteiger partial charge < -0.3 is 4.42 Å². The Kier molecular flexibility index (Phi) is 4.91. The quantitative estimate of drug-likeness (QED) is 0.503. The summed E-state index contributed by atoms with van der Waals surface area (Å²) in [4.78, 5) is 5.32. The maximum Gasteiger partial charge on any atom is 0.206 e. The van der Waals surface area contributed by atoms with E-state index in [9.17, 15) is 0 Å². The molecule has 3 aromatic rings. The number of furan rings is 1. The van der Waals surface area contributed by atoms with E-state index in [2.05, 4.69) is 48.7 Å². The molecule has 0 spiro atoms. The predicted molar refractivity (Wildman–Crippen MR) is 99.5 cm³/mol. The second kappa shape index (κ2) is 7.27. The van der Waals surface area contributed by atoms with Crippen molar-refractivity contribution in [2.24, 2.45) is 10.1 Å². The lowest BCUT2D eigenvalue weighted by Crippen LogP contribution is -2.12. The van der Waals surface area contributed by atoms with Crippen molar-refractivity contribution in [3.8, 4) is 11.5 Å². The largest absolute Gasteiger partial charge is 0.463 e. The molecule has 0 saturated heterocycles. The van der Waals surface area contributed by atoms with Crippen LogP contribution in [0.2, 0.25) is 0 Å². The number of hydrogen-bond donors (Lipinski definition) is 0. The second-order valence-electron chi connectivity index (χ2n) is 5.43. The minimum absolute atomic E-state index is 0.553. The molecular formula is C19H19N3OS. The van der Waals surface area contributed by atoms with E-state index in [0.29, 0.717) is 6.54 Å². The van der Waals surface area contributed by atoms with Crippen LogP contribution in [-0.4, -0.2) is 17.4 Å². The van der Waals surface area contributed by atoms with Crippen molar-refractivity contribution >= 4 is 17.6 Å². The molecule has 0 atom stereocenters. The number of aromatic nitrogens is 1. The molecule has 0 unspecified atom stereocenters. The van der Waals surface area contributed by atoms with Gasteiger partial charge in [0, 0.05) is 5.38 Å². The molecule has 0 aliphatic heterocycles. The maximum atomic E-state index is 5.52. The Morgan fingerprint density at radius 1 is 1.29 bits per heavy atom. The monoisotopic (exact) mass is 337 g/mol. The van der Waals surface area contributed by atoms with Crippen molar-refractivity contribution in [3.05, 3.63) is 76.1 Å². The maximum absolute atomic E-state index is 5.52. The molecule has 3 rings (SSSR count). The third kappa shape index (κ3) is 3.46. The molecule has 0 bridgehead atoms. The van der Waals surface area contributed by atoms with Gasteiger partial charge in [-0.3, -0.25) is 4.99 Å². The summed E-state index contributed by atoms with van der Waals surface area (Å²) in [5.41, 5.74) is 4.37. The van der Waals surface area contributed by atoms with Crippen LogP contribution in [0.3, 0.4) is 0 Å². The zero-order valence-electron chi connectivity index (χ0n) is 13.8. The Bertz CT molecular complexity index is 930. The highest BCUT2D eigenvalue weighted by atomic mass is 32.1. The molecule has 0 N–H and O–H groups in total. The van der Waals surface area contributed by atoms with E-state index >= 15 is 0 Å². The molecule has 24 heavy (non-hydrogen) atoms. The minimum Gasteiger partial charge on any atom is -0.463 e. The van der Waals surface area contributed by atoms with Gasteiger partial charge in [0.25, 0.3) is 0 Å². The molecule has 2 aromatic heterocycles. The second-order valence-corrected chi connectivity index (χ2v) is 6.26. The van der Waals surface area contributed by atoms with Crippen LogP contribution in [0.15, 0.2) is 69.1 Å². The molecule has 4 nitrogen and oxygen atoms in total. The van der Waals surface area contributed by atoms with Gasteiger partial charge in [-0.2, -0.15) is 5.10 Å². The third-order valence-electron chi connectivity index (χ3n) is 3.56. The zero-order valence-corrected chi connectivity index (χ0v) is 14.6. The molecule has 0 fully saturated rings. The summed E-state index contributed by atoms with van der Waals surface area (Å²) in [6, 6.07) is 10.1. The van der Waals surface area contributed by atoms with Crippen molar-refractivity contribution < 1.29 is 4.42 Å². The number of aryl methyl sites for hydroxylation is 2. The highest BCUT2D eigenvalue weighted by Gasteiger charge is 2.09. The summed E-state index contributed by atoms with van der Waals surface area (Å²) in [5.74, 6) is 0.768. The Balaban J connectivity index is 2.08. The molecule has 0 aliphatic carbocycles. The first-order valence-electron chi connectivity index (χ1n) is 7.66. The van der Waals surface area contributed by atoms with Crippen LogP contribution in [0, 0.1) is 13.8 Å². The Labute approximate surface area is 145 Å². The van der Waals surface area contributed by atoms with Gasteiger partial charge in [0.2, 0.25) is 4.80 Å². The first-order valence-corrected chi connectivity index (χ1v) is 8.54. The predicted octanol–water partition coefficient (Wildman–Crippen LogP) is 4.40. The first kappa shape index (κ1) is 16.2. The van der Waals surface area contributed by atoms with Crippen molar-refractivity contribution in [1.29, 1.82) is 0 Å². The summed E-state index contributed by atoms with van der Waals surface area (Å²) < 4.78 is 7.34. The van der Waals surface area contributed by atoms with E-state index in [4.69, 9.17) is 4.42 Å². The number of benzene rings is 1. The molecule has 122 valence electrons. The molecule has 0 saturated carbocycles. The first-order chi connectivity index (χ1) is 11.7. The van der Waals surface area contributed by atoms with Crippen molar-refractivity contribution in [2.45, 2.75) is 13.8 Å². The highest BCUT2D eigenvalue weighted by molar-refractivity contribution is 7.07. The number of thiazole rings is 1. The summed E-state index contributed by atoms with van der Waals surface area (Å²) in [6.45, 7) is 8.43. The average Bonchev–Trinajstić information content (AvgIpc) is 3.23. The normalized spacial score (nSPS) is 12.2. The van der Waals surface area contributed by atoms with Crippen LogP contribution in [0.4, 0.5) is 0 Å². The number of hydrogen-bond acceptors (Lipinski definition) is 4. The molecule has 1 aromatic carbocycles. The van der Waals surface area contributed by atoms with E-state index in [1.807, 2.05) is 28.4 Å². The topological polar surface area (TPSA) is 42.8 Å². The Morgan fingerprint density at radius 3 is 2.92 bits per heavy atom. The van der Waals surface area contributed by atoms with E-state index in [1.54, 1.807) is 12.3 Å². The zero-order chi connectivity index (χ0) is 16.9. The molecular weight excluding hydrogens is 318 g/mol. The average molecular weight is 337 g/mol. The fourth-order valence-corrected chi connectivity index (χ4v) is 3.10. The summed E-state index contributed by atoms with van der Waals surface area (Å²) >= 11 is 1.53. The number of rotatable bonds is 5. The molecule has 0 radical (unpaired) electrons. The van der Waals surface area contributed by atoms with Crippen LogP contribution in [0.5, 0.6) is 0 Å². The van der Waals surface area contributed by atoms with Crippen LogP contribution in [0.25, 0.3) is 11.5 Å². The van der Waals surface area contributed by atoms with E-state index in [0.717, 1.165) is 21.8 Å². The van der Waals surface area contributed by atoms with Crippen LogP contribution >= 0.6 is 11.3 Å². The number of nitrogens with zero attached hydrogens (tertiary/aromatic N) is 3. The summed E-state index contributed by atoms with van der Waals surface area (Å²) in [6.07, 6.45) is 5.30. The van der Waals surface area contributed by atoms with Gasteiger partial charge in [0.15, 0.2) is 5.76 Å². The lowest BCUT2D eigenvalue weighted by atomic mass is 10.1. The summed E-state index contributed by atoms with van der Waals surface area (Å²) in [5, 5.41) is 6.66. The van der Waals surface area contributed by atoms with Gasteiger partial charge in [0.05, 0.1) is 19.0 Å². The van der Waals surface area contributed by atoms with Gasteiger partial charge >= 0.3 is 0 Å². The molecule has 0 aliphatic rings. The van der Waals surface area contributed by atoms with Crippen LogP contribution < -0.4 is 4.80 Å². The molecule has 2 heterocycles. The van der Waals surface area contributed by atoms with Crippen molar-refractivity contribution in [2.75, 3.05) is 6.54 Å². The Morgan fingerprint density at radius 2 is 2.17 bits per heavy atom. The standard InChI is InChI=1S/C19H19N3OS/c1-4-9-20-19-22(17(13-24-19)18-6-5-10-23-18)21-12-16-11-14(2)7-8-15(16)3/h4-8,10-13H,1,9H2,2-3H3. The van der Waals surface area contributed by atoms with Gasteiger partial charge in [0.1, 0.15) is 5.69 Å². The Hall–Kier alpha value is -2.66. The third-order valence-corrected chi connectivity index (χ3v) is 4.42. The lowest BCUT2D eigenvalue weighted by molar-refractivity contribution is 0.575. The van der Waals surface area contributed by atoms with E-state index in [-0.39, 0.29) is 0 Å². The molecule has 0 amide bonds. The van der Waals surface area contributed by atoms with Crippen molar-refractivity contribution in [1.82, 2.24) is 4.68 Å². The van der Waals surface area contributed by atoms with Gasteiger partial charge in [-0.25, -0.2) is 4.68 Å². The van der Waals surface area contributed by atoms with E-state index in [1.165, 1.54) is 22.5 Å². The highest BCUT2D eigenvalue weighted by Crippen LogP contribution is 2.20. The molecule has 5 heteroatoms. The summed E-state index contributed by atoms with van der Waals surface area (Å²) in [7, 11) is 0. The lowest BCUT2D eigenvalue weighted by Gasteiger charge is -2.03. The van der Waals surface area contributed by atoms with Crippen LogP contribution in [-0.2, 0) is 0 Å². The van der Waals surface area contributed by atoms with Gasteiger partial charge in [-0.05, 0) is 37.1 Å². The minimum atomic E-state index is 0.553. The van der Waals surface area contributed by atoms with Crippen molar-refractivity contribution in [3.63, 3.8) is 0 Å². The fraction of sp³-hybridized carbons (Fsp3) is 0.158.